The van der Waals surface area contributed by atoms with Crippen molar-refractivity contribution in [2.24, 2.45) is 0 Å². The monoisotopic (exact) mass is 262 g/mol. The number of esters is 1. The first kappa shape index (κ1) is 13.1. The van der Waals surface area contributed by atoms with Crippen molar-refractivity contribution < 1.29 is 18.7 Å². The summed E-state index contributed by atoms with van der Waals surface area (Å²) >= 11 is 0. The number of rotatable bonds is 4. The molecular weight excluding hydrogens is 248 g/mol. The van der Waals surface area contributed by atoms with E-state index in [2.05, 4.69) is 9.97 Å². The molecule has 0 atom stereocenters. The number of hydrogen-bond donors (Lipinski definition) is 0. The SMILES string of the molecule is COc1ccc(COC(=O)c2oc(C)nc2C)cn1. The van der Waals surface area contributed by atoms with Gasteiger partial charge in [-0.25, -0.2) is 14.8 Å². The van der Waals surface area contributed by atoms with E-state index < -0.39 is 5.97 Å². The summed E-state index contributed by atoms with van der Waals surface area (Å²) in [6.07, 6.45) is 1.59. The van der Waals surface area contributed by atoms with Gasteiger partial charge in [0.15, 0.2) is 5.89 Å². The molecule has 6 nitrogen and oxygen atoms in total. The number of carbonyl (C=O) groups is 1. The van der Waals surface area contributed by atoms with Gasteiger partial charge >= 0.3 is 5.97 Å². The van der Waals surface area contributed by atoms with Crippen molar-refractivity contribution in [2.45, 2.75) is 20.5 Å². The topological polar surface area (TPSA) is 74.5 Å². The zero-order valence-corrected chi connectivity index (χ0v) is 11.0. The highest BCUT2D eigenvalue weighted by atomic mass is 16.5. The van der Waals surface area contributed by atoms with E-state index in [9.17, 15) is 4.79 Å². The van der Waals surface area contributed by atoms with Gasteiger partial charge in [-0.05, 0) is 13.0 Å². The summed E-state index contributed by atoms with van der Waals surface area (Å²) in [7, 11) is 1.54. The molecule has 0 aliphatic carbocycles. The zero-order chi connectivity index (χ0) is 13.8. The number of ether oxygens (including phenoxy) is 2. The molecule has 0 saturated heterocycles. The van der Waals surface area contributed by atoms with Gasteiger partial charge in [-0.15, -0.1) is 0 Å². The summed E-state index contributed by atoms with van der Waals surface area (Å²) < 4.78 is 15.2. The number of oxazole rings is 1. The number of methoxy groups -OCH3 is 1. The molecule has 0 radical (unpaired) electrons. The van der Waals surface area contributed by atoms with Gasteiger partial charge in [0, 0.05) is 24.8 Å². The molecule has 2 heterocycles. The van der Waals surface area contributed by atoms with Gasteiger partial charge in [-0.1, -0.05) is 0 Å². The summed E-state index contributed by atoms with van der Waals surface area (Å²) in [5.41, 5.74) is 1.29. The molecule has 0 aliphatic rings. The lowest BCUT2D eigenvalue weighted by Gasteiger charge is -2.04. The third-order valence-corrected chi connectivity index (χ3v) is 2.47. The Balaban J connectivity index is 1.98. The Hall–Kier alpha value is -2.37. The largest absolute Gasteiger partial charge is 0.481 e. The maximum atomic E-state index is 11.8. The molecule has 19 heavy (non-hydrogen) atoms. The number of pyridine rings is 1. The third-order valence-electron chi connectivity index (χ3n) is 2.47. The lowest BCUT2D eigenvalue weighted by molar-refractivity contribution is 0.0433. The Morgan fingerprint density at radius 3 is 2.68 bits per heavy atom. The average molecular weight is 262 g/mol. The molecule has 100 valence electrons. The van der Waals surface area contributed by atoms with E-state index >= 15 is 0 Å². The molecule has 2 aromatic heterocycles. The van der Waals surface area contributed by atoms with E-state index in [-0.39, 0.29) is 12.4 Å². The quantitative estimate of drug-likeness (QED) is 0.785. The maximum absolute atomic E-state index is 11.8. The van der Waals surface area contributed by atoms with Crippen LogP contribution >= 0.6 is 0 Å². The summed E-state index contributed by atoms with van der Waals surface area (Å²) in [6.45, 7) is 3.49. The summed E-state index contributed by atoms with van der Waals surface area (Å²) in [5, 5.41) is 0. The van der Waals surface area contributed by atoms with Crippen molar-refractivity contribution >= 4 is 5.97 Å². The highest BCUT2D eigenvalue weighted by molar-refractivity contribution is 5.87. The summed E-state index contributed by atoms with van der Waals surface area (Å²) in [5.74, 6) is 0.556. The second-order valence-electron chi connectivity index (χ2n) is 3.93. The Morgan fingerprint density at radius 2 is 2.16 bits per heavy atom. The number of aryl methyl sites for hydroxylation is 2. The smallest absolute Gasteiger partial charge is 0.376 e. The molecule has 6 heteroatoms. The molecule has 0 saturated carbocycles. The van der Waals surface area contributed by atoms with Crippen LogP contribution in [0.1, 0.15) is 27.7 Å². The van der Waals surface area contributed by atoms with E-state index in [0.717, 1.165) is 5.56 Å². The standard InChI is InChI=1S/C13H14N2O4/c1-8-12(19-9(2)15-8)13(16)18-7-10-4-5-11(17-3)14-6-10/h4-6H,7H2,1-3H3. The Bertz CT molecular complexity index is 575. The van der Waals surface area contributed by atoms with E-state index in [0.29, 0.717) is 17.5 Å². The molecule has 0 amide bonds. The highest BCUT2D eigenvalue weighted by Crippen LogP contribution is 2.13. The van der Waals surface area contributed by atoms with Gasteiger partial charge in [0.2, 0.25) is 11.6 Å². The van der Waals surface area contributed by atoms with Crippen molar-refractivity contribution in [3.8, 4) is 5.88 Å². The molecule has 0 N–H and O–H groups in total. The second-order valence-corrected chi connectivity index (χ2v) is 3.93. The molecule has 2 aromatic rings. The second kappa shape index (κ2) is 5.51. The molecule has 0 aliphatic heterocycles. The van der Waals surface area contributed by atoms with Gasteiger partial charge in [0.25, 0.3) is 0 Å². The molecular formula is C13H14N2O4. The van der Waals surface area contributed by atoms with Crippen LogP contribution in [0.2, 0.25) is 0 Å². The van der Waals surface area contributed by atoms with E-state index in [1.54, 1.807) is 32.2 Å². The predicted molar refractivity (Wildman–Crippen MR) is 65.9 cm³/mol. The molecule has 0 bridgehead atoms. The van der Waals surface area contributed by atoms with Gasteiger partial charge < -0.3 is 13.9 Å². The fraction of sp³-hybridized carbons (Fsp3) is 0.308. The molecule has 0 aromatic carbocycles. The highest BCUT2D eigenvalue weighted by Gasteiger charge is 2.17. The first-order valence-corrected chi connectivity index (χ1v) is 5.70. The first-order chi connectivity index (χ1) is 9.10. The van der Waals surface area contributed by atoms with E-state index in [1.807, 2.05) is 0 Å². The van der Waals surface area contributed by atoms with Crippen LogP contribution < -0.4 is 4.74 Å². The van der Waals surface area contributed by atoms with Crippen LogP contribution in [0.3, 0.4) is 0 Å². The minimum atomic E-state index is -0.533. The number of aromatic nitrogens is 2. The van der Waals surface area contributed by atoms with Gasteiger partial charge in [-0.2, -0.15) is 0 Å². The Morgan fingerprint density at radius 1 is 1.37 bits per heavy atom. The minimum absolute atomic E-state index is 0.120. The summed E-state index contributed by atoms with van der Waals surface area (Å²) in [6, 6.07) is 3.48. The number of carbonyl (C=O) groups excluding carboxylic acids is 1. The lowest BCUT2D eigenvalue weighted by Crippen LogP contribution is -2.06. The van der Waals surface area contributed by atoms with E-state index in [1.165, 1.54) is 7.11 Å². The molecule has 0 fully saturated rings. The lowest BCUT2D eigenvalue weighted by atomic mass is 10.3. The minimum Gasteiger partial charge on any atom is -0.481 e. The first-order valence-electron chi connectivity index (χ1n) is 5.70. The predicted octanol–water partition coefficient (Wildman–Crippen LogP) is 2.05. The number of nitrogens with zero attached hydrogens (tertiary/aromatic N) is 2. The average Bonchev–Trinajstić information content (AvgIpc) is 2.75. The zero-order valence-electron chi connectivity index (χ0n) is 11.0. The van der Waals surface area contributed by atoms with Gasteiger partial charge in [0.1, 0.15) is 6.61 Å². The third kappa shape index (κ3) is 3.09. The van der Waals surface area contributed by atoms with Crippen LogP contribution in [0.25, 0.3) is 0 Å². The number of hydrogen-bond acceptors (Lipinski definition) is 6. The van der Waals surface area contributed by atoms with Crippen molar-refractivity contribution in [1.29, 1.82) is 0 Å². The van der Waals surface area contributed by atoms with Crippen molar-refractivity contribution in [2.75, 3.05) is 7.11 Å². The van der Waals surface area contributed by atoms with Crippen LogP contribution in [-0.2, 0) is 11.3 Å². The van der Waals surface area contributed by atoms with Crippen LogP contribution in [0.4, 0.5) is 0 Å². The van der Waals surface area contributed by atoms with Crippen LogP contribution in [0.5, 0.6) is 5.88 Å². The van der Waals surface area contributed by atoms with Crippen LogP contribution in [0.15, 0.2) is 22.7 Å². The molecule has 0 unspecified atom stereocenters. The van der Waals surface area contributed by atoms with Crippen molar-refractivity contribution in [3.63, 3.8) is 0 Å². The fourth-order valence-corrected chi connectivity index (χ4v) is 1.55. The molecule has 0 spiro atoms. The Labute approximate surface area is 110 Å². The van der Waals surface area contributed by atoms with Gasteiger partial charge in [0.05, 0.1) is 12.8 Å². The maximum Gasteiger partial charge on any atom is 0.376 e. The van der Waals surface area contributed by atoms with Crippen LogP contribution in [0, 0.1) is 13.8 Å². The Kier molecular flexibility index (Phi) is 3.79. The molecule has 2 rings (SSSR count). The van der Waals surface area contributed by atoms with Gasteiger partial charge in [-0.3, -0.25) is 0 Å². The van der Waals surface area contributed by atoms with E-state index in [4.69, 9.17) is 13.9 Å². The fourth-order valence-electron chi connectivity index (χ4n) is 1.55. The van der Waals surface area contributed by atoms with Crippen molar-refractivity contribution in [1.82, 2.24) is 9.97 Å². The van der Waals surface area contributed by atoms with Crippen LogP contribution in [-0.4, -0.2) is 23.0 Å². The normalized spacial score (nSPS) is 10.3. The summed E-state index contributed by atoms with van der Waals surface area (Å²) in [4.78, 5) is 19.8. The van der Waals surface area contributed by atoms with Crippen molar-refractivity contribution in [3.05, 3.63) is 41.2 Å².